The average Bonchev–Trinajstić information content (AvgIpc) is 2.88. The Balaban J connectivity index is 1.70. The molecular weight excluding hydrogens is 290 g/mol. The van der Waals surface area contributed by atoms with Crippen molar-refractivity contribution in [2.75, 3.05) is 10.6 Å². The molecule has 1 amide bonds. The molecule has 23 heavy (non-hydrogen) atoms. The molecule has 3 rings (SSSR count). The molecule has 0 spiro atoms. The van der Waals surface area contributed by atoms with Crippen LogP contribution in [0.5, 0.6) is 0 Å². The Morgan fingerprint density at radius 1 is 1.17 bits per heavy atom. The predicted octanol–water partition coefficient (Wildman–Crippen LogP) is 3.88. The van der Waals surface area contributed by atoms with Crippen molar-refractivity contribution in [3.05, 3.63) is 53.9 Å². The second-order valence-electron chi connectivity index (χ2n) is 5.59. The van der Waals surface area contributed by atoms with E-state index in [1.807, 2.05) is 63.2 Å². The fraction of sp³-hybridized carbons (Fsp3) is 0.222. The first-order valence-electron chi connectivity index (χ1n) is 7.53. The number of anilines is 2. The summed E-state index contributed by atoms with van der Waals surface area (Å²) in [5.41, 5.74) is 4.21. The van der Waals surface area contributed by atoms with Crippen LogP contribution in [0.4, 0.5) is 11.4 Å². The predicted molar refractivity (Wildman–Crippen MR) is 91.6 cm³/mol. The lowest BCUT2D eigenvalue weighted by atomic mass is 10.2. The first-order valence-corrected chi connectivity index (χ1v) is 7.53. The van der Waals surface area contributed by atoms with Gasteiger partial charge in [0.1, 0.15) is 11.6 Å². The van der Waals surface area contributed by atoms with Gasteiger partial charge < -0.3 is 15.1 Å². The lowest BCUT2D eigenvalue weighted by Gasteiger charge is -2.16. The number of para-hydroxylation sites is 1. The van der Waals surface area contributed by atoms with Crippen molar-refractivity contribution in [1.82, 2.24) is 4.98 Å². The van der Waals surface area contributed by atoms with Gasteiger partial charge in [0, 0.05) is 18.3 Å². The molecule has 1 atom stereocenters. The van der Waals surface area contributed by atoms with Gasteiger partial charge in [0.15, 0.2) is 11.5 Å². The highest BCUT2D eigenvalue weighted by Crippen LogP contribution is 2.20. The van der Waals surface area contributed by atoms with Crippen LogP contribution < -0.4 is 10.6 Å². The zero-order valence-electron chi connectivity index (χ0n) is 13.4. The molecule has 0 saturated carbocycles. The molecule has 118 valence electrons. The normalized spacial score (nSPS) is 12.1. The number of nitrogens with one attached hydrogen (secondary N) is 2. The van der Waals surface area contributed by atoms with Gasteiger partial charge in [-0.2, -0.15) is 0 Å². The highest BCUT2D eigenvalue weighted by molar-refractivity contribution is 5.97. The molecule has 3 aromatic rings. The van der Waals surface area contributed by atoms with Crippen LogP contribution >= 0.6 is 0 Å². The van der Waals surface area contributed by atoms with Gasteiger partial charge >= 0.3 is 0 Å². The monoisotopic (exact) mass is 309 g/mol. The van der Waals surface area contributed by atoms with Gasteiger partial charge in [-0.1, -0.05) is 18.2 Å². The number of oxazole rings is 1. The molecule has 0 aliphatic carbocycles. The standard InChI is InChI=1S/C18H19N3O2/c1-11-6-4-5-7-15(11)21-18(22)12(2)19-14-8-9-17-16(10-14)20-13(3)23-17/h4-10,12,19H,1-3H3,(H,21,22)/t12-/m0/s1. The third-order valence-electron chi connectivity index (χ3n) is 3.67. The van der Waals surface area contributed by atoms with E-state index >= 15 is 0 Å². The molecule has 0 fully saturated rings. The van der Waals surface area contributed by atoms with Gasteiger partial charge in [-0.05, 0) is 43.7 Å². The van der Waals surface area contributed by atoms with Crippen molar-refractivity contribution in [2.45, 2.75) is 26.8 Å². The number of hydrogen-bond acceptors (Lipinski definition) is 4. The van der Waals surface area contributed by atoms with E-state index in [4.69, 9.17) is 4.42 Å². The Hall–Kier alpha value is -2.82. The van der Waals surface area contributed by atoms with E-state index in [1.165, 1.54) is 0 Å². The quantitative estimate of drug-likeness (QED) is 0.767. The number of benzene rings is 2. The number of rotatable bonds is 4. The van der Waals surface area contributed by atoms with Crippen LogP contribution in [0.2, 0.25) is 0 Å². The minimum Gasteiger partial charge on any atom is -0.441 e. The second-order valence-corrected chi connectivity index (χ2v) is 5.59. The van der Waals surface area contributed by atoms with Crippen molar-refractivity contribution in [3.8, 4) is 0 Å². The Morgan fingerprint density at radius 3 is 2.74 bits per heavy atom. The van der Waals surface area contributed by atoms with E-state index in [0.29, 0.717) is 5.89 Å². The number of aryl methyl sites for hydroxylation is 2. The molecule has 0 unspecified atom stereocenters. The zero-order chi connectivity index (χ0) is 16.4. The number of nitrogens with zero attached hydrogens (tertiary/aromatic N) is 1. The topological polar surface area (TPSA) is 67.2 Å². The Bertz CT molecular complexity index is 854. The fourth-order valence-electron chi connectivity index (χ4n) is 2.40. The molecule has 1 aromatic heterocycles. The van der Waals surface area contributed by atoms with Crippen molar-refractivity contribution in [3.63, 3.8) is 0 Å². The molecule has 0 aliphatic rings. The van der Waals surface area contributed by atoms with E-state index in [9.17, 15) is 4.79 Å². The first kappa shape index (κ1) is 15.1. The minimum atomic E-state index is -0.375. The summed E-state index contributed by atoms with van der Waals surface area (Å²) < 4.78 is 5.45. The van der Waals surface area contributed by atoms with Gasteiger partial charge in [0.25, 0.3) is 0 Å². The lowest BCUT2D eigenvalue weighted by Crippen LogP contribution is -2.32. The lowest BCUT2D eigenvalue weighted by molar-refractivity contribution is -0.116. The summed E-state index contributed by atoms with van der Waals surface area (Å²) in [6, 6.07) is 12.9. The molecule has 5 heteroatoms. The van der Waals surface area contributed by atoms with Gasteiger partial charge in [-0.15, -0.1) is 0 Å². The van der Waals surface area contributed by atoms with E-state index in [2.05, 4.69) is 15.6 Å². The molecule has 0 bridgehead atoms. The van der Waals surface area contributed by atoms with Crippen LogP contribution in [0, 0.1) is 13.8 Å². The van der Waals surface area contributed by atoms with E-state index in [0.717, 1.165) is 28.0 Å². The number of amides is 1. The van der Waals surface area contributed by atoms with Crippen molar-refractivity contribution in [2.24, 2.45) is 0 Å². The number of fused-ring (bicyclic) bond motifs is 1. The third kappa shape index (κ3) is 3.34. The van der Waals surface area contributed by atoms with Gasteiger partial charge in [0.2, 0.25) is 5.91 Å². The summed E-state index contributed by atoms with van der Waals surface area (Å²) in [4.78, 5) is 16.6. The zero-order valence-corrected chi connectivity index (χ0v) is 13.4. The molecular formula is C18H19N3O2. The van der Waals surface area contributed by atoms with E-state index < -0.39 is 0 Å². The van der Waals surface area contributed by atoms with Crippen molar-refractivity contribution >= 4 is 28.4 Å². The SMILES string of the molecule is Cc1nc2cc(N[C@@H](C)C(=O)Nc3ccccc3C)ccc2o1. The van der Waals surface area contributed by atoms with Crippen LogP contribution in [0.1, 0.15) is 18.4 Å². The van der Waals surface area contributed by atoms with Gasteiger partial charge in [0.05, 0.1) is 0 Å². The molecule has 2 aromatic carbocycles. The average molecular weight is 309 g/mol. The summed E-state index contributed by atoms with van der Waals surface area (Å²) in [7, 11) is 0. The molecule has 0 saturated heterocycles. The number of carbonyl (C=O) groups excluding carboxylic acids is 1. The van der Waals surface area contributed by atoms with Gasteiger partial charge in [-0.3, -0.25) is 4.79 Å². The summed E-state index contributed by atoms with van der Waals surface area (Å²) in [5.74, 6) is 0.540. The number of hydrogen-bond donors (Lipinski definition) is 2. The van der Waals surface area contributed by atoms with Crippen LogP contribution in [-0.2, 0) is 4.79 Å². The largest absolute Gasteiger partial charge is 0.441 e. The minimum absolute atomic E-state index is 0.0873. The first-order chi connectivity index (χ1) is 11.0. The van der Waals surface area contributed by atoms with Crippen molar-refractivity contribution < 1.29 is 9.21 Å². The smallest absolute Gasteiger partial charge is 0.246 e. The maximum Gasteiger partial charge on any atom is 0.246 e. The van der Waals surface area contributed by atoms with E-state index in [-0.39, 0.29) is 11.9 Å². The summed E-state index contributed by atoms with van der Waals surface area (Å²) >= 11 is 0. The maximum absolute atomic E-state index is 12.3. The Morgan fingerprint density at radius 2 is 1.96 bits per heavy atom. The number of aromatic nitrogens is 1. The summed E-state index contributed by atoms with van der Waals surface area (Å²) in [6.07, 6.45) is 0. The molecule has 0 radical (unpaired) electrons. The van der Waals surface area contributed by atoms with Crippen LogP contribution in [0.25, 0.3) is 11.1 Å². The Kier molecular flexibility index (Phi) is 4.02. The molecule has 2 N–H and O–H groups in total. The molecule has 0 aliphatic heterocycles. The maximum atomic E-state index is 12.3. The summed E-state index contributed by atoms with van der Waals surface area (Å²) in [6.45, 7) is 5.60. The Labute approximate surface area is 134 Å². The van der Waals surface area contributed by atoms with Crippen LogP contribution in [0.3, 0.4) is 0 Å². The second kappa shape index (κ2) is 6.12. The highest BCUT2D eigenvalue weighted by Gasteiger charge is 2.14. The molecule has 1 heterocycles. The van der Waals surface area contributed by atoms with Gasteiger partial charge in [-0.25, -0.2) is 4.98 Å². The number of carbonyl (C=O) groups is 1. The van der Waals surface area contributed by atoms with Crippen molar-refractivity contribution in [1.29, 1.82) is 0 Å². The fourth-order valence-corrected chi connectivity index (χ4v) is 2.40. The van der Waals surface area contributed by atoms with Crippen LogP contribution in [-0.4, -0.2) is 16.9 Å². The third-order valence-corrected chi connectivity index (χ3v) is 3.67. The summed E-state index contributed by atoms with van der Waals surface area (Å²) in [5, 5.41) is 6.12. The van der Waals surface area contributed by atoms with E-state index in [1.54, 1.807) is 0 Å². The van der Waals surface area contributed by atoms with Crippen LogP contribution in [0.15, 0.2) is 46.9 Å². The highest BCUT2D eigenvalue weighted by atomic mass is 16.3. The molecule has 5 nitrogen and oxygen atoms in total.